The molecule has 0 radical (unpaired) electrons. The average molecular weight is 731 g/mol. The Morgan fingerprint density at radius 3 is 1.66 bits per heavy atom. The number of hydrogen-bond donors (Lipinski definition) is 0. The van der Waals surface area contributed by atoms with Gasteiger partial charge in [-0.15, -0.1) is 0 Å². The van der Waals surface area contributed by atoms with Crippen LogP contribution >= 0.6 is 11.8 Å². The summed E-state index contributed by atoms with van der Waals surface area (Å²) in [6.07, 6.45) is 0. The van der Waals surface area contributed by atoms with Crippen LogP contribution in [-0.4, -0.2) is 15.0 Å². The maximum atomic E-state index is 9.92. The summed E-state index contributed by atoms with van der Waals surface area (Å²) in [5.41, 5.74) is 12.3. The van der Waals surface area contributed by atoms with E-state index in [2.05, 4.69) is 152 Å². The van der Waals surface area contributed by atoms with Gasteiger partial charge in [0.25, 0.3) is 0 Å². The Hall–Kier alpha value is -7.13. The second-order valence-corrected chi connectivity index (χ2v) is 15.2. The number of nitriles is 1. The smallest absolute Gasteiger partial charge is 0.165 e. The fourth-order valence-corrected chi connectivity index (χ4v) is 10.3. The molecule has 0 saturated heterocycles. The van der Waals surface area contributed by atoms with Gasteiger partial charge in [-0.1, -0.05) is 182 Å². The van der Waals surface area contributed by atoms with Crippen molar-refractivity contribution in [1.82, 2.24) is 15.0 Å². The fraction of sp³-hybridized carbons (Fsp3) is 0.0196. The van der Waals surface area contributed by atoms with E-state index in [9.17, 15) is 5.26 Å². The monoisotopic (exact) mass is 730 g/mol. The molecule has 0 N–H and O–H groups in total. The van der Waals surface area contributed by atoms with Crippen molar-refractivity contribution in [2.45, 2.75) is 15.2 Å². The number of aromatic nitrogens is 3. The molecule has 2 aliphatic rings. The summed E-state index contributed by atoms with van der Waals surface area (Å²) in [7, 11) is 0. The lowest BCUT2D eigenvalue weighted by Crippen LogP contribution is -2.32. The summed E-state index contributed by atoms with van der Waals surface area (Å²) in [4.78, 5) is 18.0. The predicted octanol–water partition coefficient (Wildman–Crippen LogP) is 12.4. The lowest BCUT2D eigenvalue weighted by Gasteiger charge is -2.41. The molecule has 0 bridgehead atoms. The van der Waals surface area contributed by atoms with Crippen molar-refractivity contribution in [3.63, 3.8) is 0 Å². The summed E-state index contributed by atoms with van der Waals surface area (Å²) in [6, 6.07) is 66.1. The first kappa shape index (κ1) is 32.3. The van der Waals surface area contributed by atoms with Crippen molar-refractivity contribution in [3.8, 4) is 62.5 Å². The lowest BCUT2D eigenvalue weighted by molar-refractivity contribution is 0.723. The second-order valence-electron chi connectivity index (χ2n) is 14.2. The summed E-state index contributed by atoms with van der Waals surface area (Å²) >= 11 is 1.77. The largest absolute Gasteiger partial charge is 0.208 e. The molecule has 2 heterocycles. The van der Waals surface area contributed by atoms with Crippen molar-refractivity contribution < 1.29 is 0 Å². The normalized spacial score (nSPS) is 13.1. The Kier molecular flexibility index (Phi) is 7.35. The molecule has 1 aromatic heterocycles. The van der Waals surface area contributed by atoms with Crippen LogP contribution in [0, 0.1) is 11.3 Å². The van der Waals surface area contributed by atoms with E-state index in [-0.39, 0.29) is 0 Å². The van der Waals surface area contributed by atoms with Gasteiger partial charge in [0.2, 0.25) is 0 Å². The standard InChI is InChI=1S/C51H30N4S/c52-31-32-14-10-19-35(30-32)37-23-12-28-44-46(37)56-47-41(25-13-29-45(47)51(44)42-26-8-6-21-38(42)39-22-7-9-27-43(39)51)50-54-48(34-16-2-1-3-17-34)53-49(55-50)40-24-11-18-33-15-4-5-20-36(33)40/h1-30H. The van der Waals surface area contributed by atoms with E-state index in [1.807, 2.05) is 36.4 Å². The van der Waals surface area contributed by atoms with E-state index in [1.54, 1.807) is 11.8 Å². The van der Waals surface area contributed by atoms with Crippen LogP contribution in [0.1, 0.15) is 27.8 Å². The van der Waals surface area contributed by atoms with E-state index in [4.69, 9.17) is 15.0 Å². The zero-order valence-electron chi connectivity index (χ0n) is 30.0. The summed E-state index contributed by atoms with van der Waals surface area (Å²) in [5, 5.41) is 12.1. The van der Waals surface area contributed by atoms with Gasteiger partial charge in [-0.05, 0) is 67.4 Å². The maximum Gasteiger partial charge on any atom is 0.165 e. The average Bonchev–Trinajstić information content (AvgIpc) is 3.56. The molecule has 1 aliphatic heterocycles. The Morgan fingerprint density at radius 2 is 0.911 bits per heavy atom. The maximum absolute atomic E-state index is 9.92. The lowest BCUT2D eigenvalue weighted by atomic mass is 9.66. The molecule has 0 unspecified atom stereocenters. The number of nitrogens with zero attached hydrogens (tertiary/aromatic N) is 4. The minimum absolute atomic E-state index is 0.615. The number of rotatable bonds is 4. The summed E-state index contributed by atoms with van der Waals surface area (Å²) in [5.74, 6) is 1.87. The molecular weight excluding hydrogens is 701 g/mol. The highest BCUT2D eigenvalue weighted by Crippen LogP contribution is 2.64. The van der Waals surface area contributed by atoms with E-state index in [0.29, 0.717) is 23.0 Å². The molecule has 1 aliphatic carbocycles. The Morgan fingerprint density at radius 1 is 0.411 bits per heavy atom. The first-order valence-electron chi connectivity index (χ1n) is 18.7. The van der Waals surface area contributed by atoms with Crippen LogP contribution < -0.4 is 0 Å². The Bertz CT molecular complexity index is 3040. The van der Waals surface area contributed by atoms with Crippen LogP contribution in [0.15, 0.2) is 192 Å². The predicted molar refractivity (Wildman–Crippen MR) is 225 cm³/mol. The third-order valence-electron chi connectivity index (χ3n) is 11.2. The van der Waals surface area contributed by atoms with Crippen molar-refractivity contribution in [2.75, 3.05) is 0 Å². The molecule has 4 nitrogen and oxygen atoms in total. The molecule has 56 heavy (non-hydrogen) atoms. The Labute approximate surface area is 328 Å². The topological polar surface area (TPSA) is 62.5 Å². The van der Waals surface area contributed by atoms with Crippen molar-refractivity contribution in [1.29, 1.82) is 5.26 Å². The van der Waals surface area contributed by atoms with Crippen molar-refractivity contribution >= 4 is 22.5 Å². The minimum Gasteiger partial charge on any atom is -0.208 e. The number of hydrogen-bond acceptors (Lipinski definition) is 5. The van der Waals surface area contributed by atoms with Gasteiger partial charge in [0.1, 0.15) is 0 Å². The van der Waals surface area contributed by atoms with Crippen LogP contribution in [0.2, 0.25) is 0 Å². The Balaban J connectivity index is 1.23. The summed E-state index contributed by atoms with van der Waals surface area (Å²) in [6.45, 7) is 0. The van der Waals surface area contributed by atoms with Gasteiger partial charge in [-0.25, -0.2) is 15.0 Å². The quantitative estimate of drug-likeness (QED) is 0.180. The minimum atomic E-state index is -0.615. The molecular formula is C51H30N4S. The highest BCUT2D eigenvalue weighted by Gasteiger charge is 2.51. The van der Waals surface area contributed by atoms with Crippen LogP contribution in [0.5, 0.6) is 0 Å². The van der Waals surface area contributed by atoms with Crippen molar-refractivity contribution in [2.24, 2.45) is 0 Å². The van der Waals surface area contributed by atoms with E-state index in [0.717, 1.165) is 48.4 Å². The molecule has 8 aromatic carbocycles. The van der Waals surface area contributed by atoms with Gasteiger partial charge in [0.05, 0.1) is 17.0 Å². The van der Waals surface area contributed by atoms with Gasteiger partial charge < -0.3 is 0 Å². The van der Waals surface area contributed by atoms with Crippen LogP contribution in [0.3, 0.4) is 0 Å². The number of benzene rings is 8. The molecule has 0 amide bonds. The molecule has 9 aromatic rings. The first-order chi connectivity index (χ1) is 27.7. The van der Waals surface area contributed by atoms with Crippen molar-refractivity contribution in [3.05, 3.63) is 210 Å². The van der Waals surface area contributed by atoms with Crippen LogP contribution in [0.4, 0.5) is 0 Å². The van der Waals surface area contributed by atoms with Gasteiger partial charge >= 0.3 is 0 Å². The summed E-state index contributed by atoms with van der Waals surface area (Å²) < 4.78 is 0. The van der Waals surface area contributed by atoms with E-state index >= 15 is 0 Å². The second kappa shape index (κ2) is 12.7. The molecule has 1 spiro atoms. The molecule has 0 fully saturated rings. The van der Waals surface area contributed by atoms with E-state index in [1.165, 1.54) is 33.4 Å². The third-order valence-corrected chi connectivity index (χ3v) is 12.5. The molecule has 0 atom stereocenters. The van der Waals surface area contributed by atoms with Gasteiger partial charge in [-0.3, -0.25) is 0 Å². The van der Waals surface area contributed by atoms with Crippen LogP contribution in [0.25, 0.3) is 67.2 Å². The van der Waals surface area contributed by atoms with Crippen LogP contribution in [-0.2, 0) is 5.41 Å². The highest BCUT2D eigenvalue weighted by molar-refractivity contribution is 7.99. The van der Waals surface area contributed by atoms with Gasteiger partial charge in [0.15, 0.2) is 17.5 Å². The zero-order chi connectivity index (χ0) is 37.2. The third kappa shape index (κ3) is 4.76. The highest BCUT2D eigenvalue weighted by atomic mass is 32.2. The fourth-order valence-electron chi connectivity index (χ4n) is 8.86. The van der Waals surface area contributed by atoms with E-state index < -0.39 is 5.41 Å². The van der Waals surface area contributed by atoms with Gasteiger partial charge in [-0.2, -0.15) is 5.26 Å². The number of fused-ring (bicyclic) bond motifs is 10. The SMILES string of the molecule is N#Cc1cccc(-c2cccc3c2Sc2c(-c4nc(-c5ccccc5)nc(-c5cccc6ccccc56)n4)cccc2C32c3ccccc3-c3ccccc32)c1. The molecule has 5 heteroatoms. The molecule has 0 saturated carbocycles. The first-order valence-corrected chi connectivity index (χ1v) is 19.5. The molecule has 260 valence electrons. The molecule has 11 rings (SSSR count). The van der Waals surface area contributed by atoms with Gasteiger partial charge in [0, 0.05) is 26.5 Å². The zero-order valence-corrected chi connectivity index (χ0v) is 30.8.